The van der Waals surface area contributed by atoms with Gasteiger partial charge in [-0.05, 0) is 37.6 Å². The van der Waals surface area contributed by atoms with Crippen LogP contribution in [0.25, 0.3) is 10.9 Å². The molecule has 1 fully saturated rings. The van der Waals surface area contributed by atoms with Crippen molar-refractivity contribution >= 4 is 28.2 Å². The summed E-state index contributed by atoms with van der Waals surface area (Å²) >= 11 is 0. The van der Waals surface area contributed by atoms with Crippen molar-refractivity contribution in [2.45, 2.75) is 25.8 Å². The molecule has 3 rings (SSSR count). The summed E-state index contributed by atoms with van der Waals surface area (Å²) in [7, 11) is 1.85. The number of piperidine rings is 1. The Morgan fingerprint density at radius 3 is 2.95 bits per heavy atom. The monoisotopic (exact) mass is 284 g/mol. The molecule has 1 amide bonds. The number of nitrogens with one attached hydrogen (secondary N) is 1. The number of pyridine rings is 1. The molecule has 0 saturated carbocycles. The first-order valence-electron chi connectivity index (χ1n) is 7.20. The van der Waals surface area contributed by atoms with Gasteiger partial charge in [-0.15, -0.1) is 0 Å². The molecule has 1 atom stereocenters. The summed E-state index contributed by atoms with van der Waals surface area (Å²) in [5.74, 6) is 0.216. The third-order valence-corrected chi connectivity index (χ3v) is 3.95. The van der Waals surface area contributed by atoms with Gasteiger partial charge in [0, 0.05) is 48.5 Å². The highest BCUT2D eigenvalue weighted by Gasteiger charge is 2.23. The van der Waals surface area contributed by atoms with Crippen molar-refractivity contribution < 1.29 is 4.79 Å². The number of amides is 1. The third kappa shape index (κ3) is 2.77. The topological polar surface area (TPSA) is 71.2 Å². The number of benzene rings is 1. The minimum Gasteiger partial charge on any atom is -0.399 e. The van der Waals surface area contributed by atoms with Crippen molar-refractivity contribution in [2.24, 2.45) is 0 Å². The predicted molar refractivity (Wildman–Crippen MR) is 85.2 cm³/mol. The predicted octanol–water partition coefficient (Wildman–Crippen LogP) is 2.16. The molecular formula is C16H20N4O. The van der Waals surface area contributed by atoms with E-state index in [1.165, 1.54) is 0 Å². The van der Waals surface area contributed by atoms with Gasteiger partial charge in [0.15, 0.2) is 0 Å². The highest BCUT2D eigenvalue weighted by Crippen LogP contribution is 2.27. The van der Waals surface area contributed by atoms with Crippen molar-refractivity contribution in [3.05, 3.63) is 30.0 Å². The normalized spacial score (nSPS) is 19.0. The van der Waals surface area contributed by atoms with Crippen LogP contribution in [-0.2, 0) is 4.79 Å². The van der Waals surface area contributed by atoms with Crippen LogP contribution in [0.3, 0.4) is 0 Å². The van der Waals surface area contributed by atoms with Gasteiger partial charge in [0.2, 0.25) is 5.91 Å². The van der Waals surface area contributed by atoms with Gasteiger partial charge in [-0.2, -0.15) is 0 Å². The SMILES string of the molecule is Cc1cc(NC2CCC(=O)N(C)C2)c2cc(N)ccc2n1. The van der Waals surface area contributed by atoms with Crippen molar-refractivity contribution in [1.82, 2.24) is 9.88 Å². The Balaban J connectivity index is 1.93. The van der Waals surface area contributed by atoms with Crippen LogP contribution in [0.15, 0.2) is 24.3 Å². The number of carbonyl (C=O) groups excluding carboxylic acids is 1. The number of carbonyl (C=O) groups is 1. The van der Waals surface area contributed by atoms with Crippen LogP contribution in [0, 0.1) is 6.92 Å². The zero-order valence-corrected chi connectivity index (χ0v) is 12.4. The van der Waals surface area contributed by atoms with Gasteiger partial charge in [-0.3, -0.25) is 9.78 Å². The lowest BCUT2D eigenvalue weighted by Crippen LogP contribution is -2.43. The lowest BCUT2D eigenvalue weighted by atomic mass is 10.0. The molecule has 0 spiro atoms. The maximum Gasteiger partial charge on any atom is 0.222 e. The fraction of sp³-hybridized carbons (Fsp3) is 0.375. The maximum absolute atomic E-state index is 11.6. The molecule has 1 saturated heterocycles. The van der Waals surface area contributed by atoms with E-state index < -0.39 is 0 Å². The summed E-state index contributed by atoms with van der Waals surface area (Å²) in [4.78, 5) is 17.9. The van der Waals surface area contributed by atoms with E-state index in [-0.39, 0.29) is 11.9 Å². The molecule has 1 aromatic heterocycles. The zero-order valence-electron chi connectivity index (χ0n) is 12.4. The number of nitrogens with two attached hydrogens (primary N) is 1. The summed E-state index contributed by atoms with van der Waals surface area (Å²) in [6, 6.07) is 8.06. The number of rotatable bonds is 2. The fourth-order valence-electron chi connectivity index (χ4n) is 2.85. The summed E-state index contributed by atoms with van der Waals surface area (Å²) < 4.78 is 0. The largest absolute Gasteiger partial charge is 0.399 e. The minimum absolute atomic E-state index is 0.216. The van der Waals surface area contributed by atoms with Crippen LogP contribution < -0.4 is 11.1 Å². The number of hydrogen-bond donors (Lipinski definition) is 2. The average Bonchev–Trinajstić information content (AvgIpc) is 2.43. The van der Waals surface area contributed by atoms with Gasteiger partial charge >= 0.3 is 0 Å². The molecule has 0 radical (unpaired) electrons. The molecule has 5 nitrogen and oxygen atoms in total. The Kier molecular flexibility index (Phi) is 3.41. The molecule has 1 aromatic carbocycles. The molecule has 3 N–H and O–H groups in total. The Morgan fingerprint density at radius 1 is 1.38 bits per heavy atom. The summed E-state index contributed by atoms with van der Waals surface area (Å²) in [5, 5.41) is 4.58. The second-order valence-electron chi connectivity index (χ2n) is 5.74. The van der Waals surface area contributed by atoms with E-state index >= 15 is 0 Å². The van der Waals surface area contributed by atoms with E-state index in [0.29, 0.717) is 6.42 Å². The summed E-state index contributed by atoms with van der Waals surface area (Å²) in [5.41, 5.74) is 9.57. The molecule has 21 heavy (non-hydrogen) atoms. The quantitative estimate of drug-likeness (QED) is 0.829. The smallest absolute Gasteiger partial charge is 0.222 e. The molecular weight excluding hydrogens is 264 g/mol. The highest BCUT2D eigenvalue weighted by atomic mass is 16.2. The number of anilines is 2. The number of likely N-dealkylation sites (N-methyl/N-ethyl adjacent to an activating group) is 1. The fourth-order valence-corrected chi connectivity index (χ4v) is 2.85. The average molecular weight is 284 g/mol. The molecule has 1 aliphatic heterocycles. The Bertz CT molecular complexity index is 698. The van der Waals surface area contributed by atoms with Crippen LogP contribution in [0.1, 0.15) is 18.5 Å². The number of nitrogen functional groups attached to an aromatic ring is 1. The maximum atomic E-state index is 11.6. The molecule has 110 valence electrons. The zero-order chi connectivity index (χ0) is 15.0. The van der Waals surface area contributed by atoms with Gasteiger partial charge in [0.05, 0.1) is 5.52 Å². The second kappa shape index (κ2) is 5.24. The summed E-state index contributed by atoms with van der Waals surface area (Å²) in [6.07, 6.45) is 1.45. The number of aromatic nitrogens is 1. The highest BCUT2D eigenvalue weighted by molar-refractivity contribution is 5.93. The first-order chi connectivity index (χ1) is 10.0. The Labute approximate surface area is 124 Å². The van der Waals surface area contributed by atoms with Gasteiger partial charge in [0.1, 0.15) is 0 Å². The molecule has 0 aliphatic carbocycles. The molecule has 2 aromatic rings. The van der Waals surface area contributed by atoms with Crippen LogP contribution >= 0.6 is 0 Å². The van der Waals surface area contributed by atoms with Gasteiger partial charge in [-0.25, -0.2) is 0 Å². The van der Waals surface area contributed by atoms with Gasteiger partial charge in [-0.1, -0.05) is 0 Å². The molecule has 0 bridgehead atoms. The number of nitrogens with zero attached hydrogens (tertiary/aromatic N) is 2. The Hall–Kier alpha value is -2.30. The molecule has 1 aliphatic rings. The van der Waals surface area contributed by atoms with Crippen molar-refractivity contribution in [1.29, 1.82) is 0 Å². The number of likely N-dealkylation sites (tertiary alicyclic amines) is 1. The van der Waals surface area contributed by atoms with Crippen molar-refractivity contribution in [3.63, 3.8) is 0 Å². The van der Waals surface area contributed by atoms with Crippen LogP contribution in [0.4, 0.5) is 11.4 Å². The van der Waals surface area contributed by atoms with E-state index in [2.05, 4.69) is 10.3 Å². The lowest BCUT2D eigenvalue weighted by Gasteiger charge is -2.31. The van der Waals surface area contributed by atoms with Crippen molar-refractivity contribution in [2.75, 3.05) is 24.6 Å². The van der Waals surface area contributed by atoms with Crippen LogP contribution in [0.2, 0.25) is 0 Å². The van der Waals surface area contributed by atoms with E-state index in [0.717, 1.165) is 40.9 Å². The van der Waals surface area contributed by atoms with E-state index in [1.54, 1.807) is 4.90 Å². The minimum atomic E-state index is 0.216. The number of hydrogen-bond acceptors (Lipinski definition) is 4. The first-order valence-corrected chi connectivity index (χ1v) is 7.20. The van der Waals surface area contributed by atoms with Crippen LogP contribution in [-0.4, -0.2) is 35.4 Å². The van der Waals surface area contributed by atoms with E-state index in [1.807, 2.05) is 38.2 Å². The van der Waals surface area contributed by atoms with Crippen LogP contribution in [0.5, 0.6) is 0 Å². The molecule has 1 unspecified atom stereocenters. The van der Waals surface area contributed by atoms with Gasteiger partial charge in [0.25, 0.3) is 0 Å². The van der Waals surface area contributed by atoms with Crippen molar-refractivity contribution in [3.8, 4) is 0 Å². The van der Waals surface area contributed by atoms with E-state index in [9.17, 15) is 4.79 Å². The number of fused-ring (bicyclic) bond motifs is 1. The molecule has 5 heteroatoms. The van der Waals surface area contributed by atoms with Gasteiger partial charge < -0.3 is 16.0 Å². The Morgan fingerprint density at radius 2 is 2.19 bits per heavy atom. The lowest BCUT2D eigenvalue weighted by molar-refractivity contribution is -0.132. The second-order valence-corrected chi connectivity index (χ2v) is 5.74. The summed E-state index contributed by atoms with van der Waals surface area (Å²) in [6.45, 7) is 2.71. The third-order valence-electron chi connectivity index (χ3n) is 3.95. The molecule has 2 heterocycles. The number of aryl methyl sites for hydroxylation is 1. The van der Waals surface area contributed by atoms with E-state index in [4.69, 9.17) is 5.73 Å². The first kappa shape index (κ1) is 13.7. The standard InChI is InChI=1S/C16H20N4O/c1-10-7-15(13-8-11(17)3-5-14(13)18-10)19-12-4-6-16(21)20(2)9-12/h3,5,7-8,12H,4,6,9,17H2,1-2H3,(H,18,19).